The number of aryl methyl sites for hydroxylation is 2. The van der Waals surface area contributed by atoms with E-state index in [1.807, 2.05) is 44.2 Å². The summed E-state index contributed by atoms with van der Waals surface area (Å²) < 4.78 is 0. The maximum atomic E-state index is 9.31. The zero-order valence-corrected chi connectivity index (χ0v) is 13.3. The lowest BCUT2D eigenvalue weighted by Crippen LogP contribution is -1.95. The first kappa shape index (κ1) is 14.6. The topological polar surface area (TPSA) is 49.6 Å². The summed E-state index contributed by atoms with van der Waals surface area (Å²) in [6.45, 7) is 3.90. The summed E-state index contributed by atoms with van der Waals surface area (Å²) in [4.78, 5) is 9.15. The first-order chi connectivity index (χ1) is 10.7. The van der Waals surface area contributed by atoms with Crippen LogP contribution in [0.4, 0.5) is 0 Å². The average Bonchev–Trinajstić information content (AvgIpc) is 2.52. The third-order valence-corrected chi connectivity index (χ3v) is 4.45. The number of fused-ring (bicyclic) bond motifs is 1. The zero-order chi connectivity index (χ0) is 15.5. The quantitative estimate of drug-likeness (QED) is 0.672. The molecule has 22 heavy (non-hydrogen) atoms. The van der Waals surface area contributed by atoms with E-state index in [4.69, 9.17) is 0 Å². The van der Waals surface area contributed by atoms with Crippen molar-refractivity contribution in [2.45, 2.75) is 24.6 Å². The van der Waals surface area contributed by atoms with Crippen molar-refractivity contribution in [3.63, 3.8) is 0 Å². The minimum atomic E-state index is 0.663. The fourth-order valence-electron chi connectivity index (χ4n) is 2.37. The van der Waals surface area contributed by atoms with Crippen molar-refractivity contribution in [2.24, 2.45) is 0 Å². The number of para-hydroxylation sites is 1. The van der Waals surface area contributed by atoms with Gasteiger partial charge < -0.3 is 0 Å². The van der Waals surface area contributed by atoms with E-state index in [1.165, 1.54) is 0 Å². The molecular formula is C18H15N3S. The number of thioether (sulfide) groups is 1. The summed E-state index contributed by atoms with van der Waals surface area (Å²) in [5, 5.41) is 11.2. The van der Waals surface area contributed by atoms with Crippen LogP contribution in [0.5, 0.6) is 0 Å². The van der Waals surface area contributed by atoms with Gasteiger partial charge in [0.2, 0.25) is 0 Å². The van der Waals surface area contributed by atoms with Gasteiger partial charge in [-0.25, -0.2) is 4.98 Å². The number of hydrogen-bond acceptors (Lipinski definition) is 4. The Morgan fingerprint density at radius 3 is 2.73 bits per heavy atom. The lowest BCUT2D eigenvalue weighted by molar-refractivity contribution is 1.03. The molecule has 0 saturated heterocycles. The Morgan fingerprint density at radius 1 is 1.09 bits per heavy atom. The predicted molar refractivity (Wildman–Crippen MR) is 89.7 cm³/mol. The Morgan fingerprint density at radius 2 is 1.91 bits per heavy atom. The number of rotatable bonds is 3. The summed E-state index contributed by atoms with van der Waals surface area (Å²) >= 11 is 1.57. The first-order valence-corrected chi connectivity index (χ1v) is 8.02. The molecule has 2 aromatic heterocycles. The van der Waals surface area contributed by atoms with Gasteiger partial charge >= 0.3 is 0 Å². The third kappa shape index (κ3) is 2.95. The highest BCUT2D eigenvalue weighted by atomic mass is 32.2. The standard InChI is InChI=1S/C18H15N3S/c1-12-9-13(2)20-18(16(12)10-19)22-11-15-8-7-14-5-3-4-6-17(14)21-15/h3-9H,11H2,1-2H3. The molecule has 0 aliphatic heterocycles. The van der Waals surface area contributed by atoms with E-state index in [1.54, 1.807) is 11.8 Å². The van der Waals surface area contributed by atoms with Crippen LogP contribution < -0.4 is 0 Å². The molecule has 3 aromatic rings. The summed E-state index contributed by atoms with van der Waals surface area (Å²) in [7, 11) is 0. The van der Waals surface area contributed by atoms with Gasteiger partial charge in [0, 0.05) is 16.8 Å². The summed E-state index contributed by atoms with van der Waals surface area (Å²) in [6.07, 6.45) is 0. The minimum absolute atomic E-state index is 0.663. The van der Waals surface area contributed by atoms with Crippen molar-refractivity contribution < 1.29 is 0 Å². The van der Waals surface area contributed by atoms with Crippen LogP contribution in [0.3, 0.4) is 0 Å². The molecule has 0 amide bonds. The normalized spacial score (nSPS) is 10.6. The smallest absolute Gasteiger partial charge is 0.115 e. The molecule has 4 heteroatoms. The second-order valence-electron chi connectivity index (χ2n) is 5.16. The molecule has 0 radical (unpaired) electrons. The monoisotopic (exact) mass is 305 g/mol. The zero-order valence-electron chi connectivity index (χ0n) is 12.5. The average molecular weight is 305 g/mol. The Hall–Kier alpha value is -2.38. The van der Waals surface area contributed by atoms with Crippen molar-refractivity contribution in [3.05, 3.63) is 65.0 Å². The highest BCUT2D eigenvalue weighted by molar-refractivity contribution is 7.98. The Labute approximate surface area is 134 Å². The Balaban J connectivity index is 1.86. The van der Waals surface area contributed by atoms with Crippen molar-refractivity contribution in [1.29, 1.82) is 5.26 Å². The van der Waals surface area contributed by atoms with E-state index in [0.29, 0.717) is 11.3 Å². The summed E-state index contributed by atoms with van der Waals surface area (Å²) in [6, 6.07) is 16.4. The van der Waals surface area contributed by atoms with Gasteiger partial charge in [-0.3, -0.25) is 4.98 Å². The number of aromatic nitrogens is 2. The van der Waals surface area contributed by atoms with E-state index in [-0.39, 0.29) is 0 Å². The molecule has 0 saturated carbocycles. The molecule has 0 N–H and O–H groups in total. The van der Waals surface area contributed by atoms with Gasteiger partial charge in [0.05, 0.1) is 16.8 Å². The molecule has 108 valence electrons. The van der Waals surface area contributed by atoms with Crippen molar-refractivity contribution in [1.82, 2.24) is 9.97 Å². The van der Waals surface area contributed by atoms with Gasteiger partial charge in [-0.1, -0.05) is 36.0 Å². The second kappa shape index (κ2) is 6.17. The van der Waals surface area contributed by atoms with Crippen LogP contribution in [0, 0.1) is 25.2 Å². The number of nitriles is 1. The van der Waals surface area contributed by atoms with Gasteiger partial charge in [-0.15, -0.1) is 0 Å². The Kier molecular flexibility index (Phi) is 4.08. The SMILES string of the molecule is Cc1cc(C)c(C#N)c(SCc2ccc3ccccc3n2)n1. The summed E-state index contributed by atoms with van der Waals surface area (Å²) in [5.41, 5.74) is 4.56. The maximum Gasteiger partial charge on any atom is 0.115 e. The molecule has 1 aromatic carbocycles. The lowest BCUT2D eigenvalue weighted by Gasteiger charge is -2.07. The fourth-order valence-corrected chi connectivity index (χ4v) is 3.38. The molecular weight excluding hydrogens is 290 g/mol. The molecule has 0 aliphatic rings. The Bertz CT molecular complexity index is 881. The molecule has 0 spiro atoms. The molecule has 0 bridgehead atoms. The molecule has 0 unspecified atom stereocenters. The summed E-state index contributed by atoms with van der Waals surface area (Å²) in [5.74, 6) is 0.704. The largest absolute Gasteiger partial charge is 0.252 e. The predicted octanol–water partition coefficient (Wildman–Crippen LogP) is 4.41. The first-order valence-electron chi connectivity index (χ1n) is 7.03. The number of benzene rings is 1. The number of pyridine rings is 2. The maximum absolute atomic E-state index is 9.31. The van der Waals surface area contributed by atoms with Crippen LogP contribution >= 0.6 is 11.8 Å². The van der Waals surface area contributed by atoms with Crippen LogP contribution in [-0.2, 0) is 5.75 Å². The molecule has 2 heterocycles. The van der Waals surface area contributed by atoms with Gasteiger partial charge in [-0.2, -0.15) is 5.26 Å². The highest BCUT2D eigenvalue weighted by Gasteiger charge is 2.10. The van der Waals surface area contributed by atoms with E-state index >= 15 is 0 Å². The van der Waals surface area contributed by atoms with Gasteiger partial charge in [-0.05, 0) is 37.6 Å². The van der Waals surface area contributed by atoms with Crippen LogP contribution in [0.15, 0.2) is 47.5 Å². The van der Waals surface area contributed by atoms with E-state index in [2.05, 4.69) is 28.2 Å². The van der Waals surface area contributed by atoms with E-state index in [9.17, 15) is 5.26 Å². The molecule has 0 fully saturated rings. The van der Waals surface area contributed by atoms with Crippen LogP contribution in [-0.4, -0.2) is 9.97 Å². The third-order valence-electron chi connectivity index (χ3n) is 3.44. The van der Waals surface area contributed by atoms with Crippen LogP contribution in [0.1, 0.15) is 22.5 Å². The number of hydrogen-bond donors (Lipinski definition) is 0. The molecule has 3 nitrogen and oxygen atoms in total. The van der Waals surface area contributed by atoms with Crippen molar-refractivity contribution >= 4 is 22.7 Å². The molecule has 0 atom stereocenters. The fraction of sp³-hybridized carbons (Fsp3) is 0.167. The number of nitrogens with zero attached hydrogens (tertiary/aromatic N) is 3. The van der Waals surface area contributed by atoms with Crippen LogP contribution in [0.25, 0.3) is 10.9 Å². The van der Waals surface area contributed by atoms with E-state index < -0.39 is 0 Å². The highest BCUT2D eigenvalue weighted by Crippen LogP contribution is 2.26. The van der Waals surface area contributed by atoms with Gasteiger partial charge in [0.15, 0.2) is 0 Å². The van der Waals surface area contributed by atoms with Gasteiger partial charge in [0.1, 0.15) is 11.1 Å². The van der Waals surface area contributed by atoms with Crippen molar-refractivity contribution in [2.75, 3.05) is 0 Å². The van der Waals surface area contributed by atoms with E-state index in [0.717, 1.165) is 32.9 Å². The minimum Gasteiger partial charge on any atom is -0.252 e. The van der Waals surface area contributed by atoms with Crippen LogP contribution in [0.2, 0.25) is 0 Å². The second-order valence-corrected chi connectivity index (χ2v) is 6.12. The molecule has 3 rings (SSSR count). The van der Waals surface area contributed by atoms with Crippen molar-refractivity contribution in [3.8, 4) is 6.07 Å². The molecule has 0 aliphatic carbocycles. The lowest BCUT2D eigenvalue weighted by atomic mass is 10.1. The van der Waals surface area contributed by atoms with Gasteiger partial charge in [0.25, 0.3) is 0 Å².